The minimum Gasteiger partial charge on any atom is -0.339 e. The van der Waals surface area contributed by atoms with Gasteiger partial charge in [0, 0.05) is 32.0 Å². The molecule has 1 aliphatic rings. The Balaban J connectivity index is 1.71. The van der Waals surface area contributed by atoms with Crippen molar-refractivity contribution in [2.45, 2.75) is 17.9 Å². The SMILES string of the molecule is Cn1cnc(S(=O)(=O)N2CCC[C@H](C(=O)Nc3ccccc3)C2)c1. The second-order valence-corrected chi connectivity index (χ2v) is 7.82. The van der Waals surface area contributed by atoms with Gasteiger partial charge in [0.05, 0.1) is 12.2 Å². The largest absolute Gasteiger partial charge is 0.339 e. The number of piperidine rings is 1. The fraction of sp³-hybridized carbons (Fsp3) is 0.375. The van der Waals surface area contributed by atoms with Gasteiger partial charge in [-0.15, -0.1) is 0 Å². The van der Waals surface area contributed by atoms with E-state index in [-0.39, 0.29) is 23.4 Å². The van der Waals surface area contributed by atoms with Crippen molar-refractivity contribution >= 4 is 21.6 Å². The number of imidazole rings is 1. The van der Waals surface area contributed by atoms with Crippen LogP contribution in [0.2, 0.25) is 0 Å². The van der Waals surface area contributed by atoms with Crippen LogP contribution >= 0.6 is 0 Å². The van der Waals surface area contributed by atoms with Gasteiger partial charge in [-0.1, -0.05) is 18.2 Å². The van der Waals surface area contributed by atoms with Crippen molar-refractivity contribution in [1.29, 1.82) is 0 Å². The Morgan fingerprint density at radius 3 is 2.71 bits per heavy atom. The standard InChI is InChI=1S/C16H20N4O3S/c1-19-11-15(17-12-19)24(22,23)20-9-5-6-13(10-20)16(21)18-14-7-3-2-4-8-14/h2-4,7-8,11-13H,5-6,9-10H2,1H3,(H,18,21)/t13-/m0/s1. The summed E-state index contributed by atoms with van der Waals surface area (Å²) in [4.78, 5) is 16.4. The molecule has 3 rings (SSSR count). The first-order valence-corrected chi connectivity index (χ1v) is 9.25. The van der Waals surface area contributed by atoms with Gasteiger partial charge in [0.1, 0.15) is 0 Å². The van der Waals surface area contributed by atoms with Crippen LogP contribution in [0.4, 0.5) is 5.69 Å². The number of carbonyl (C=O) groups excluding carboxylic acids is 1. The molecule has 1 saturated heterocycles. The molecule has 0 saturated carbocycles. The molecule has 7 nitrogen and oxygen atoms in total. The Morgan fingerprint density at radius 1 is 1.29 bits per heavy atom. The summed E-state index contributed by atoms with van der Waals surface area (Å²) in [5, 5.41) is 2.87. The third-order valence-corrected chi connectivity index (χ3v) is 5.83. The minimum atomic E-state index is -3.66. The van der Waals surface area contributed by atoms with Gasteiger partial charge in [0.15, 0.2) is 5.03 Å². The normalized spacial score (nSPS) is 19.1. The van der Waals surface area contributed by atoms with Gasteiger partial charge >= 0.3 is 0 Å². The molecular weight excluding hydrogens is 328 g/mol. The van der Waals surface area contributed by atoms with Crippen molar-refractivity contribution in [2.75, 3.05) is 18.4 Å². The first-order valence-electron chi connectivity index (χ1n) is 7.81. The number of hydrogen-bond donors (Lipinski definition) is 1. The molecule has 1 aromatic heterocycles. The lowest BCUT2D eigenvalue weighted by molar-refractivity contribution is -0.120. The van der Waals surface area contributed by atoms with E-state index >= 15 is 0 Å². The number of benzene rings is 1. The molecule has 8 heteroatoms. The van der Waals surface area contributed by atoms with Crippen LogP contribution < -0.4 is 5.32 Å². The van der Waals surface area contributed by atoms with Crippen molar-refractivity contribution in [3.05, 3.63) is 42.9 Å². The van der Waals surface area contributed by atoms with Gasteiger partial charge in [0.2, 0.25) is 5.91 Å². The number of anilines is 1. The van der Waals surface area contributed by atoms with Crippen LogP contribution in [-0.2, 0) is 21.9 Å². The lowest BCUT2D eigenvalue weighted by Gasteiger charge is -2.30. The molecule has 1 aliphatic heterocycles. The van der Waals surface area contributed by atoms with Crippen molar-refractivity contribution < 1.29 is 13.2 Å². The fourth-order valence-electron chi connectivity index (χ4n) is 2.79. The van der Waals surface area contributed by atoms with Crippen molar-refractivity contribution in [1.82, 2.24) is 13.9 Å². The molecule has 1 N–H and O–H groups in total. The lowest BCUT2D eigenvalue weighted by atomic mass is 9.99. The number of aryl methyl sites for hydroxylation is 1. The Bertz CT molecular complexity index is 817. The Morgan fingerprint density at radius 2 is 2.04 bits per heavy atom. The Kier molecular flexibility index (Phi) is 4.68. The molecule has 1 amide bonds. The van der Waals surface area contributed by atoms with E-state index in [2.05, 4.69) is 10.3 Å². The summed E-state index contributed by atoms with van der Waals surface area (Å²) in [7, 11) is -1.94. The maximum Gasteiger partial charge on any atom is 0.262 e. The van der Waals surface area contributed by atoms with Crippen LogP contribution in [0.3, 0.4) is 0 Å². The first kappa shape index (κ1) is 16.7. The molecule has 2 heterocycles. The van der Waals surface area contributed by atoms with Crippen LogP contribution in [0.1, 0.15) is 12.8 Å². The highest BCUT2D eigenvalue weighted by molar-refractivity contribution is 7.89. The smallest absolute Gasteiger partial charge is 0.262 e. The summed E-state index contributed by atoms with van der Waals surface area (Å²) in [6.45, 7) is 0.589. The van der Waals surface area contributed by atoms with Crippen LogP contribution in [0.25, 0.3) is 0 Å². The molecule has 0 unspecified atom stereocenters. The average Bonchev–Trinajstić information content (AvgIpc) is 3.03. The Hall–Kier alpha value is -2.19. The second kappa shape index (κ2) is 6.74. The van der Waals surface area contributed by atoms with Crippen LogP contribution in [-0.4, -0.2) is 41.3 Å². The van der Waals surface area contributed by atoms with Gasteiger partial charge in [-0.2, -0.15) is 4.31 Å². The lowest BCUT2D eigenvalue weighted by Crippen LogP contribution is -2.43. The number of para-hydroxylation sites is 1. The molecule has 0 aliphatic carbocycles. The predicted octanol–water partition coefficient (Wildman–Crippen LogP) is 1.46. The first-order chi connectivity index (χ1) is 11.5. The van der Waals surface area contributed by atoms with Gasteiger partial charge in [0.25, 0.3) is 10.0 Å². The zero-order valence-electron chi connectivity index (χ0n) is 13.4. The van der Waals surface area contributed by atoms with Crippen molar-refractivity contribution in [2.24, 2.45) is 13.0 Å². The van der Waals surface area contributed by atoms with E-state index in [9.17, 15) is 13.2 Å². The molecule has 128 valence electrons. The second-order valence-electron chi connectivity index (χ2n) is 5.93. The topological polar surface area (TPSA) is 84.3 Å². The van der Waals surface area contributed by atoms with Crippen LogP contribution in [0, 0.1) is 5.92 Å². The third-order valence-electron chi connectivity index (χ3n) is 4.08. The molecule has 1 aromatic carbocycles. The molecule has 1 fully saturated rings. The number of aromatic nitrogens is 2. The van der Waals surface area contributed by atoms with Gasteiger partial charge in [-0.3, -0.25) is 4.79 Å². The molecule has 0 bridgehead atoms. The van der Waals surface area contributed by atoms with Crippen molar-refractivity contribution in [3.63, 3.8) is 0 Å². The molecular formula is C16H20N4O3S. The highest BCUT2D eigenvalue weighted by Crippen LogP contribution is 2.24. The molecule has 0 radical (unpaired) electrons. The predicted molar refractivity (Wildman–Crippen MR) is 89.8 cm³/mol. The Labute approximate surface area is 141 Å². The number of amides is 1. The van der Waals surface area contributed by atoms with E-state index in [1.165, 1.54) is 16.8 Å². The molecule has 1 atom stereocenters. The molecule has 0 spiro atoms. The van der Waals surface area contributed by atoms with E-state index in [1.807, 2.05) is 30.3 Å². The summed E-state index contributed by atoms with van der Waals surface area (Å²) in [6.07, 6.45) is 4.26. The molecule has 2 aromatic rings. The zero-order chi connectivity index (χ0) is 17.2. The highest BCUT2D eigenvalue weighted by Gasteiger charge is 2.34. The molecule has 24 heavy (non-hydrogen) atoms. The van der Waals surface area contributed by atoms with E-state index in [0.29, 0.717) is 25.1 Å². The quantitative estimate of drug-likeness (QED) is 0.906. The van der Waals surface area contributed by atoms with Crippen LogP contribution in [0.5, 0.6) is 0 Å². The average molecular weight is 348 g/mol. The van der Waals surface area contributed by atoms with Gasteiger partial charge in [-0.05, 0) is 25.0 Å². The summed E-state index contributed by atoms with van der Waals surface area (Å²) in [6, 6.07) is 9.17. The third kappa shape index (κ3) is 3.49. The number of nitrogens with zero attached hydrogens (tertiary/aromatic N) is 3. The van der Waals surface area contributed by atoms with Gasteiger partial charge < -0.3 is 9.88 Å². The summed E-state index contributed by atoms with van der Waals surface area (Å²) >= 11 is 0. The summed E-state index contributed by atoms with van der Waals surface area (Å²) in [5.41, 5.74) is 0.715. The number of nitrogens with one attached hydrogen (secondary N) is 1. The maximum absolute atomic E-state index is 12.6. The highest BCUT2D eigenvalue weighted by atomic mass is 32.2. The van der Waals surface area contributed by atoms with E-state index in [4.69, 9.17) is 0 Å². The van der Waals surface area contributed by atoms with Crippen molar-refractivity contribution in [3.8, 4) is 0 Å². The van der Waals surface area contributed by atoms with E-state index in [0.717, 1.165) is 0 Å². The zero-order valence-corrected chi connectivity index (χ0v) is 14.2. The van der Waals surface area contributed by atoms with E-state index < -0.39 is 10.0 Å². The summed E-state index contributed by atoms with van der Waals surface area (Å²) in [5.74, 6) is -0.514. The van der Waals surface area contributed by atoms with Crippen LogP contribution in [0.15, 0.2) is 47.9 Å². The van der Waals surface area contributed by atoms with Gasteiger partial charge in [-0.25, -0.2) is 13.4 Å². The fourth-order valence-corrected chi connectivity index (χ4v) is 4.28. The maximum atomic E-state index is 12.6. The number of carbonyl (C=O) groups is 1. The number of rotatable bonds is 4. The number of hydrogen-bond acceptors (Lipinski definition) is 4. The van der Waals surface area contributed by atoms with E-state index in [1.54, 1.807) is 11.6 Å². The monoisotopic (exact) mass is 348 g/mol. The minimum absolute atomic E-state index is 0.0223. The summed E-state index contributed by atoms with van der Waals surface area (Å²) < 4.78 is 28.2. The number of sulfonamides is 1.